The Morgan fingerprint density at radius 1 is 0.277 bits per heavy atom. The molecular formula is C82H152O17P2. The number of rotatable bonds is 79. The summed E-state index contributed by atoms with van der Waals surface area (Å²) in [7, 11) is -9.94. The Balaban J connectivity index is 5.30. The summed E-state index contributed by atoms with van der Waals surface area (Å²) in [6, 6.07) is 0. The average molecular weight is 1470 g/mol. The van der Waals surface area contributed by atoms with E-state index in [0.717, 1.165) is 122 Å². The summed E-state index contributed by atoms with van der Waals surface area (Å²) in [5, 5.41) is 10.6. The Kier molecular flexibility index (Phi) is 73.0. The van der Waals surface area contributed by atoms with Crippen LogP contribution in [0.5, 0.6) is 0 Å². The number of phosphoric acid groups is 2. The molecule has 101 heavy (non-hydrogen) atoms. The fourth-order valence-electron chi connectivity index (χ4n) is 11.7. The number of ether oxygens (including phenoxy) is 4. The number of hydrogen-bond donors (Lipinski definition) is 3. The minimum atomic E-state index is -4.97. The molecule has 5 atom stereocenters. The highest BCUT2D eigenvalue weighted by Crippen LogP contribution is 2.45. The number of carbonyl (C=O) groups excluding carboxylic acids is 4. The standard InChI is InChI=1S/C82H152O17P2/c1-5-9-13-17-21-25-29-32-35-36-37-38-39-42-45-49-53-57-61-65-69-82(87)99-78(73-93-80(85)67-63-59-55-51-47-43-40-33-30-26-22-18-14-10-6-2)75-97-101(90,91)95-71-76(83)70-94-100(88,89)96-74-77(72-92-79(84)66-62-58-54-50-46-28-24-20-16-12-8-4)98-81(86)68-64-60-56-52-48-44-41-34-31-27-23-19-15-11-7-3/h26-27,30-31,33-34,40-41,76-78,83H,5-25,28-29,32,35-39,42-75H2,1-4H3,(H,88,89)(H,90,91)/b30-26-,31-27-,40-33-,41-34-/t76-,77+,78+/m0/s1. The maximum absolute atomic E-state index is 13.1. The van der Waals surface area contributed by atoms with Gasteiger partial charge < -0.3 is 33.8 Å². The van der Waals surface area contributed by atoms with Crippen LogP contribution in [-0.4, -0.2) is 96.7 Å². The summed E-state index contributed by atoms with van der Waals surface area (Å²) >= 11 is 0. The Bertz CT molecular complexity index is 2100. The van der Waals surface area contributed by atoms with E-state index in [0.29, 0.717) is 25.7 Å². The predicted octanol–water partition coefficient (Wildman–Crippen LogP) is 24.1. The van der Waals surface area contributed by atoms with E-state index in [9.17, 15) is 43.2 Å². The van der Waals surface area contributed by atoms with Crippen LogP contribution in [0.15, 0.2) is 48.6 Å². The molecule has 0 bridgehead atoms. The quantitative estimate of drug-likeness (QED) is 0.0169. The lowest BCUT2D eigenvalue weighted by atomic mass is 10.0. The maximum Gasteiger partial charge on any atom is 0.472 e. The second-order valence-electron chi connectivity index (χ2n) is 28.1. The molecule has 17 nitrogen and oxygen atoms in total. The molecule has 0 saturated heterocycles. The molecule has 0 aliphatic rings. The molecule has 2 unspecified atom stereocenters. The zero-order valence-electron chi connectivity index (χ0n) is 64.9. The topological polar surface area (TPSA) is 237 Å². The first-order valence-corrected chi connectivity index (χ1v) is 44.4. The van der Waals surface area contributed by atoms with E-state index in [4.69, 9.17) is 37.0 Å². The minimum Gasteiger partial charge on any atom is -0.462 e. The van der Waals surface area contributed by atoms with Gasteiger partial charge in [-0.1, -0.05) is 340 Å². The molecule has 0 radical (unpaired) electrons. The lowest BCUT2D eigenvalue weighted by molar-refractivity contribution is -0.161. The third-order valence-electron chi connectivity index (χ3n) is 18.1. The number of aliphatic hydroxyl groups excluding tert-OH is 1. The van der Waals surface area contributed by atoms with Gasteiger partial charge in [0.25, 0.3) is 0 Å². The van der Waals surface area contributed by atoms with E-state index < -0.39 is 97.5 Å². The van der Waals surface area contributed by atoms with Gasteiger partial charge >= 0.3 is 39.5 Å². The van der Waals surface area contributed by atoms with Gasteiger partial charge in [-0.25, -0.2) is 9.13 Å². The van der Waals surface area contributed by atoms with E-state index in [2.05, 4.69) is 76.3 Å². The summed E-state index contributed by atoms with van der Waals surface area (Å²) in [4.78, 5) is 73.0. The van der Waals surface area contributed by atoms with Crippen LogP contribution >= 0.6 is 15.6 Å². The first kappa shape index (κ1) is 98.0. The van der Waals surface area contributed by atoms with Gasteiger partial charge in [-0.05, 0) is 77.0 Å². The molecule has 0 aliphatic carbocycles. The van der Waals surface area contributed by atoms with E-state index in [-0.39, 0.29) is 25.7 Å². The number of aliphatic hydroxyl groups is 1. The molecular weight excluding hydrogens is 1320 g/mol. The number of hydrogen-bond acceptors (Lipinski definition) is 15. The van der Waals surface area contributed by atoms with Crippen molar-refractivity contribution in [1.82, 2.24) is 0 Å². The van der Waals surface area contributed by atoms with Crippen LogP contribution in [0.4, 0.5) is 0 Å². The van der Waals surface area contributed by atoms with Crippen molar-refractivity contribution in [2.45, 2.75) is 412 Å². The van der Waals surface area contributed by atoms with Gasteiger partial charge in [-0.15, -0.1) is 0 Å². The highest BCUT2D eigenvalue weighted by atomic mass is 31.2. The fourth-order valence-corrected chi connectivity index (χ4v) is 13.3. The molecule has 0 aromatic rings. The molecule has 19 heteroatoms. The zero-order valence-corrected chi connectivity index (χ0v) is 66.6. The second-order valence-corrected chi connectivity index (χ2v) is 31.0. The molecule has 0 saturated carbocycles. The van der Waals surface area contributed by atoms with Crippen molar-refractivity contribution >= 4 is 39.5 Å². The normalized spacial score (nSPS) is 14.1. The predicted molar refractivity (Wildman–Crippen MR) is 414 cm³/mol. The number of carbonyl (C=O) groups is 4. The van der Waals surface area contributed by atoms with Crippen molar-refractivity contribution in [3.05, 3.63) is 48.6 Å². The van der Waals surface area contributed by atoms with Crippen LogP contribution < -0.4 is 0 Å². The third-order valence-corrected chi connectivity index (χ3v) is 20.0. The van der Waals surface area contributed by atoms with Gasteiger partial charge in [-0.2, -0.15) is 0 Å². The molecule has 0 amide bonds. The van der Waals surface area contributed by atoms with Gasteiger partial charge in [0.05, 0.1) is 26.4 Å². The number of unbranched alkanes of at least 4 members (excludes halogenated alkanes) is 47. The Morgan fingerprint density at radius 3 is 0.723 bits per heavy atom. The molecule has 0 aliphatic heterocycles. The van der Waals surface area contributed by atoms with Gasteiger partial charge in [-0.3, -0.25) is 37.3 Å². The van der Waals surface area contributed by atoms with Crippen LogP contribution in [0.2, 0.25) is 0 Å². The van der Waals surface area contributed by atoms with Crippen LogP contribution in [0.25, 0.3) is 0 Å². The van der Waals surface area contributed by atoms with Gasteiger partial charge in [0.2, 0.25) is 0 Å². The lowest BCUT2D eigenvalue weighted by Crippen LogP contribution is -2.30. The van der Waals surface area contributed by atoms with Crippen LogP contribution in [0.1, 0.15) is 394 Å². The van der Waals surface area contributed by atoms with E-state index in [1.807, 2.05) is 0 Å². The zero-order chi connectivity index (χ0) is 73.9. The van der Waals surface area contributed by atoms with Gasteiger partial charge in [0, 0.05) is 25.7 Å². The van der Waals surface area contributed by atoms with Crippen molar-refractivity contribution in [3.8, 4) is 0 Å². The molecule has 3 N–H and O–H groups in total. The number of phosphoric ester groups is 2. The Hall–Kier alpha value is -2.98. The fraction of sp³-hybridized carbons (Fsp3) is 0.854. The minimum absolute atomic E-state index is 0.0834. The van der Waals surface area contributed by atoms with E-state index in [1.54, 1.807) is 0 Å². The average Bonchev–Trinajstić information content (AvgIpc) is 0.997. The first-order valence-electron chi connectivity index (χ1n) is 41.4. The number of allylic oxidation sites excluding steroid dienone is 8. The summed E-state index contributed by atoms with van der Waals surface area (Å²) in [5.41, 5.74) is 0. The molecule has 0 rings (SSSR count). The van der Waals surface area contributed by atoms with Gasteiger partial charge in [0.15, 0.2) is 12.2 Å². The van der Waals surface area contributed by atoms with Crippen molar-refractivity contribution in [2.24, 2.45) is 0 Å². The molecule has 0 aromatic carbocycles. The largest absolute Gasteiger partial charge is 0.472 e. The molecule has 0 heterocycles. The summed E-state index contributed by atoms with van der Waals surface area (Å²) in [5.74, 6) is -2.17. The van der Waals surface area contributed by atoms with Crippen LogP contribution in [0, 0.1) is 0 Å². The van der Waals surface area contributed by atoms with Gasteiger partial charge in [0.1, 0.15) is 19.3 Å². The molecule has 0 aromatic heterocycles. The molecule has 592 valence electrons. The van der Waals surface area contributed by atoms with E-state index >= 15 is 0 Å². The Labute approximate surface area is 617 Å². The monoisotopic (exact) mass is 1470 g/mol. The van der Waals surface area contributed by atoms with E-state index in [1.165, 1.54) is 193 Å². The van der Waals surface area contributed by atoms with Crippen molar-refractivity contribution in [3.63, 3.8) is 0 Å². The summed E-state index contributed by atoms with van der Waals surface area (Å²) in [6.07, 6.45) is 73.7. The number of esters is 4. The highest BCUT2D eigenvalue weighted by molar-refractivity contribution is 7.47. The molecule has 0 spiro atoms. The van der Waals surface area contributed by atoms with Crippen molar-refractivity contribution in [1.29, 1.82) is 0 Å². The lowest BCUT2D eigenvalue weighted by Gasteiger charge is -2.21. The van der Waals surface area contributed by atoms with Crippen molar-refractivity contribution < 1.29 is 80.2 Å². The van der Waals surface area contributed by atoms with Crippen LogP contribution in [-0.2, 0) is 65.4 Å². The van der Waals surface area contributed by atoms with Crippen molar-refractivity contribution in [2.75, 3.05) is 39.6 Å². The third kappa shape index (κ3) is 75.1. The highest BCUT2D eigenvalue weighted by Gasteiger charge is 2.30. The smallest absolute Gasteiger partial charge is 0.462 e. The first-order chi connectivity index (χ1) is 49.2. The van der Waals surface area contributed by atoms with Crippen LogP contribution in [0.3, 0.4) is 0 Å². The Morgan fingerprint density at radius 2 is 0.475 bits per heavy atom. The molecule has 0 fully saturated rings. The summed E-state index contributed by atoms with van der Waals surface area (Å²) < 4.78 is 68.6. The second kappa shape index (κ2) is 75.3. The maximum atomic E-state index is 13.1. The summed E-state index contributed by atoms with van der Waals surface area (Å²) in [6.45, 7) is 4.89. The SMILES string of the molecule is CCCCCC/C=C\C=C/CCCCCCCC(=O)OC[C@H](COP(=O)(O)OC[C@@H](O)COP(=O)(O)OC[C@@H](COC(=O)CCCCCCCCCCCCC)OC(=O)CCCCCCC/C=C\C=C/CCCCCC)OC(=O)CCCCCCCCCCCCCCCCCCCCCC.